The average molecular weight is 165 g/mol. The van der Waals surface area contributed by atoms with Crippen LogP contribution in [0, 0.1) is 5.92 Å². The Bertz CT molecular complexity index is 230. The van der Waals surface area contributed by atoms with Crippen LogP contribution in [0.1, 0.15) is 19.4 Å². The second-order valence-corrected chi connectivity index (χ2v) is 3.52. The van der Waals surface area contributed by atoms with Crippen LogP contribution in [0.4, 0.5) is 0 Å². The van der Waals surface area contributed by atoms with Gasteiger partial charge in [-0.05, 0) is 31.5 Å². The molecule has 2 heterocycles. The first-order valence-electron chi connectivity index (χ1n) is 4.58. The van der Waals surface area contributed by atoms with E-state index in [-0.39, 0.29) is 0 Å². The Labute approximate surface area is 72.8 Å². The van der Waals surface area contributed by atoms with Gasteiger partial charge in [0.2, 0.25) is 0 Å². The molecule has 1 N–H and O–H groups in total. The summed E-state index contributed by atoms with van der Waals surface area (Å²) in [5.74, 6) is 0.693. The molecule has 1 aliphatic heterocycles. The Kier molecular flexibility index (Phi) is 2.13. The summed E-state index contributed by atoms with van der Waals surface area (Å²) in [6.45, 7) is 4.51. The molecule has 66 valence electrons. The van der Waals surface area contributed by atoms with Crippen molar-refractivity contribution >= 4 is 0 Å². The van der Waals surface area contributed by atoms with E-state index in [2.05, 4.69) is 28.2 Å². The Hall–Kier alpha value is -0.830. The fourth-order valence-electron chi connectivity index (χ4n) is 1.87. The van der Waals surface area contributed by atoms with E-state index in [1.165, 1.54) is 6.42 Å². The van der Waals surface area contributed by atoms with E-state index in [1.54, 1.807) is 0 Å². The smallest absolute Gasteiger partial charge is 0.0568 e. The third kappa shape index (κ3) is 1.37. The van der Waals surface area contributed by atoms with Crippen molar-refractivity contribution in [1.29, 1.82) is 0 Å². The molecule has 1 saturated heterocycles. The van der Waals surface area contributed by atoms with E-state index in [0.29, 0.717) is 12.0 Å². The molecule has 1 aromatic heterocycles. The summed E-state index contributed by atoms with van der Waals surface area (Å²) in [7, 11) is 0. The standard InChI is InChI=1S/C9H15N3/c1-8-7-10-5-3-9(8)12-6-2-4-11-12/h2,4,6,8-10H,3,5,7H2,1H3/t8-,9-/m1/s1. The highest BCUT2D eigenvalue weighted by molar-refractivity contribution is 4.86. The molecule has 1 aliphatic rings. The Morgan fingerprint density at radius 2 is 2.50 bits per heavy atom. The summed E-state index contributed by atoms with van der Waals surface area (Å²) in [5.41, 5.74) is 0. The van der Waals surface area contributed by atoms with Crippen LogP contribution in [0.15, 0.2) is 18.5 Å². The molecule has 3 nitrogen and oxygen atoms in total. The molecule has 0 aromatic carbocycles. The number of hydrogen-bond donors (Lipinski definition) is 1. The Morgan fingerprint density at radius 3 is 3.17 bits per heavy atom. The van der Waals surface area contributed by atoms with Crippen LogP contribution < -0.4 is 5.32 Å². The molecule has 1 fully saturated rings. The van der Waals surface area contributed by atoms with Crippen molar-refractivity contribution in [2.75, 3.05) is 13.1 Å². The van der Waals surface area contributed by atoms with Gasteiger partial charge in [-0.15, -0.1) is 0 Å². The maximum absolute atomic E-state index is 4.28. The highest BCUT2D eigenvalue weighted by Crippen LogP contribution is 2.22. The van der Waals surface area contributed by atoms with Crippen LogP contribution in [0.2, 0.25) is 0 Å². The number of aromatic nitrogens is 2. The van der Waals surface area contributed by atoms with Gasteiger partial charge in [-0.3, -0.25) is 4.68 Å². The molecule has 0 aliphatic carbocycles. The van der Waals surface area contributed by atoms with Crippen molar-refractivity contribution in [2.45, 2.75) is 19.4 Å². The molecule has 0 saturated carbocycles. The predicted octanol–water partition coefficient (Wildman–Crippen LogP) is 1.05. The molecule has 0 radical (unpaired) electrons. The summed E-state index contributed by atoms with van der Waals surface area (Å²) < 4.78 is 2.09. The molecular formula is C9H15N3. The van der Waals surface area contributed by atoms with Crippen molar-refractivity contribution in [3.63, 3.8) is 0 Å². The largest absolute Gasteiger partial charge is 0.316 e. The molecule has 0 amide bonds. The van der Waals surface area contributed by atoms with Crippen LogP contribution in [0.3, 0.4) is 0 Å². The van der Waals surface area contributed by atoms with Gasteiger partial charge in [0.1, 0.15) is 0 Å². The predicted molar refractivity (Wildman–Crippen MR) is 47.9 cm³/mol. The third-order valence-electron chi connectivity index (χ3n) is 2.60. The minimum Gasteiger partial charge on any atom is -0.316 e. The van der Waals surface area contributed by atoms with Gasteiger partial charge in [0.05, 0.1) is 6.04 Å². The van der Waals surface area contributed by atoms with E-state index in [4.69, 9.17) is 0 Å². The van der Waals surface area contributed by atoms with Crippen LogP contribution in [-0.2, 0) is 0 Å². The second kappa shape index (κ2) is 3.27. The number of hydrogen-bond acceptors (Lipinski definition) is 2. The fourth-order valence-corrected chi connectivity index (χ4v) is 1.87. The van der Waals surface area contributed by atoms with Crippen molar-refractivity contribution in [2.24, 2.45) is 5.92 Å². The second-order valence-electron chi connectivity index (χ2n) is 3.52. The van der Waals surface area contributed by atoms with Crippen molar-refractivity contribution in [3.8, 4) is 0 Å². The summed E-state index contributed by atoms with van der Waals surface area (Å²) in [6, 6.07) is 2.59. The first-order valence-corrected chi connectivity index (χ1v) is 4.58. The first kappa shape index (κ1) is 7.80. The van der Waals surface area contributed by atoms with Crippen LogP contribution in [0.25, 0.3) is 0 Å². The number of nitrogens with zero attached hydrogens (tertiary/aromatic N) is 2. The van der Waals surface area contributed by atoms with Gasteiger partial charge < -0.3 is 5.32 Å². The third-order valence-corrected chi connectivity index (χ3v) is 2.60. The lowest BCUT2D eigenvalue weighted by molar-refractivity contribution is 0.255. The van der Waals surface area contributed by atoms with Gasteiger partial charge in [-0.25, -0.2) is 0 Å². The molecule has 3 heteroatoms. The summed E-state index contributed by atoms with van der Waals surface area (Å²) in [6.07, 6.45) is 5.12. The Morgan fingerprint density at radius 1 is 1.58 bits per heavy atom. The fraction of sp³-hybridized carbons (Fsp3) is 0.667. The monoisotopic (exact) mass is 165 g/mol. The van der Waals surface area contributed by atoms with Crippen molar-refractivity contribution in [1.82, 2.24) is 15.1 Å². The van der Waals surface area contributed by atoms with E-state index < -0.39 is 0 Å². The Balaban J connectivity index is 2.11. The molecule has 2 atom stereocenters. The highest BCUT2D eigenvalue weighted by atomic mass is 15.3. The van der Waals surface area contributed by atoms with Crippen LogP contribution in [0.5, 0.6) is 0 Å². The minimum atomic E-state index is 0.598. The lowest BCUT2D eigenvalue weighted by Crippen LogP contribution is -2.36. The van der Waals surface area contributed by atoms with Gasteiger partial charge in [0, 0.05) is 12.4 Å². The summed E-state index contributed by atoms with van der Waals surface area (Å²) in [4.78, 5) is 0. The van der Waals surface area contributed by atoms with Gasteiger partial charge >= 0.3 is 0 Å². The minimum absolute atomic E-state index is 0.598. The zero-order chi connectivity index (χ0) is 8.39. The van der Waals surface area contributed by atoms with Gasteiger partial charge in [0.15, 0.2) is 0 Å². The maximum Gasteiger partial charge on any atom is 0.0568 e. The van der Waals surface area contributed by atoms with E-state index in [0.717, 1.165) is 13.1 Å². The zero-order valence-electron chi connectivity index (χ0n) is 7.40. The van der Waals surface area contributed by atoms with Crippen molar-refractivity contribution < 1.29 is 0 Å². The van der Waals surface area contributed by atoms with Crippen LogP contribution >= 0.6 is 0 Å². The van der Waals surface area contributed by atoms with Gasteiger partial charge in [-0.2, -0.15) is 5.10 Å². The lowest BCUT2D eigenvalue weighted by Gasteiger charge is -2.29. The number of nitrogens with one attached hydrogen (secondary N) is 1. The van der Waals surface area contributed by atoms with Gasteiger partial charge in [0.25, 0.3) is 0 Å². The zero-order valence-corrected chi connectivity index (χ0v) is 7.40. The molecule has 0 bridgehead atoms. The van der Waals surface area contributed by atoms with E-state index >= 15 is 0 Å². The SMILES string of the molecule is C[C@@H]1CNCC[C@H]1n1cccn1. The summed E-state index contributed by atoms with van der Waals surface area (Å²) >= 11 is 0. The van der Waals surface area contributed by atoms with E-state index in [9.17, 15) is 0 Å². The highest BCUT2D eigenvalue weighted by Gasteiger charge is 2.22. The van der Waals surface area contributed by atoms with Crippen molar-refractivity contribution in [3.05, 3.63) is 18.5 Å². The molecule has 12 heavy (non-hydrogen) atoms. The van der Waals surface area contributed by atoms with E-state index in [1.807, 2.05) is 12.3 Å². The quantitative estimate of drug-likeness (QED) is 0.674. The number of piperidine rings is 1. The molecule has 0 unspecified atom stereocenters. The average Bonchev–Trinajstić information content (AvgIpc) is 2.57. The van der Waals surface area contributed by atoms with Gasteiger partial charge in [-0.1, -0.05) is 6.92 Å². The normalized spacial score (nSPS) is 30.4. The first-order chi connectivity index (χ1) is 5.88. The topological polar surface area (TPSA) is 29.9 Å². The molecule has 0 spiro atoms. The molecular weight excluding hydrogens is 150 g/mol. The number of rotatable bonds is 1. The van der Waals surface area contributed by atoms with Crippen LogP contribution in [-0.4, -0.2) is 22.9 Å². The lowest BCUT2D eigenvalue weighted by atomic mass is 9.96. The molecule has 1 aromatic rings. The summed E-state index contributed by atoms with van der Waals surface area (Å²) in [5, 5.41) is 7.66. The molecule has 2 rings (SSSR count). The maximum atomic E-state index is 4.28.